The van der Waals surface area contributed by atoms with Gasteiger partial charge in [0.1, 0.15) is 29.4 Å². The van der Waals surface area contributed by atoms with Crippen LogP contribution in [0.5, 0.6) is 0 Å². The molecule has 3 aromatic heterocycles. The van der Waals surface area contributed by atoms with Gasteiger partial charge in [0.05, 0.1) is 11.8 Å². The minimum atomic E-state index is -1.02. The highest BCUT2D eigenvalue weighted by molar-refractivity contribution is 6.01. The number of aliphatic hydroxyl groups excluding tert-OH is 1. The number of aliphatic hydroxyl groups is 1. The molecular weight excluding hydrogens is 539 g/mol. The van der Waals surface area contributed by atoms with Crippen LogP contribution in [0, 0.1) is 37.5 Å². The van der Waals surface area contributed by atoms with E-state index in [-0.39, 0.29) is 34.8 Å². The molecule has 0 bridgehead atoms. The highest BCUT2D eigenvalue weighted by Crippen LogP contribution is 2.42. The van der Waals surface area contributed by atoms with Gasteiger partial charge in [-0.1, -0.05) is 69.4 Å². The van der Waals surface area contributed by atoms with Crippen molar-refractivity contribution in [2.24, 2.45) is 17.8 Å². The van der Waals surface area contributed by atoms with Crippen LogP contribution in [0.4, 0.5) is 10.2 Å². The Bertz CT molecular complexity index is 1350. The summed E-state index contributed by atoms with van der Waals surface area (Å²) in [6.07, 6.45) is 10.9. The molecule has 0 aliphatic heterocycles. The van der Waals surface area contributed by atoms with Crippen LogP contribution in [0.15, 0.2) is 22.9 Å². The van der Waals surface area contributed by atoms with E-state index in [0.717, 1.165) is 57.1 Å². The van der Waals surface area contributed by atoms with E-state index in [1.54, 1.807) is 19.1 Å². The number of amides is 2. The summed E-state index contributed by atoms with van der Waals surface area (Å²) in [4.78, 5) is 31.8. The second-order valence-corrected chi connectivity index (χ2v) is 11.9. The van der Waals surface area contributed by atoms with Crippen molar-refractivity contribution >= 4 is 17.6 Å². The first kappa shape index (κ1) is 29.9. The van der Waals surface area contributed by atoms with Crippen molar-refractivity contribution < 1.29 is 23.6 Å². The number of aromatic amines is 1. The van der Waals surface area contributed by atoms with Gasteiger partial charge in [-0.15, -0.1) is 0 Å². The monoisotopic (exact) mass is 580 g/mol. The second kappa shape index (κ2) is 13.1. The average molecular weight is 581 g/mol. The van der Waals surface area contributed by atoms with E-state index in [2.05, 4.69) is 31.0 Å². The Kier molecular flexibility index (Phi) is 9.35. The summed E-state index contributed by atoms with van der Waals surface area (Å²) in [5.74, 6) is -1.17. The Labute approximate surface area is 245 Å². The smallest absolute Gasteiger partial charge is 0.257 e. The largest absolute Gasteiger partial charge is 0.387 e. The molecule has 226 valence electrons. The molecular formula is C31H41FN6O4. The Morgan fingerprint density at radius 1 is 1.05 bits per heavy atom. The van der Waals surface area contributed by atoms with Gasteiger partial charge in [-0.2, -0.15) is 9.49 Å². The predicted octanol–water partition coefficient (Wildman–Crippen LogP) is 5.78. The van der Waals surface area contributed by atoms with Crippen molar-refractivity contribution in [3.8, 4) is 11.1 Å². The Morgan fingerprint density at radius 3 is 2.24 bits per heavy atom. The molecule has 2 aliphatic rings. The minimum Gasteiger partial charge on any atom is -0.387 e. The lowest BCUT2D eigenvalue weighted by atomic mass is 9.66. The van der Waals surface area contributed by atoms with E-state index in [0.29, 0.717) is 16.8 Å². The first-order chi connectivity index (χ1) is 20.2. The number of H-pyrrole nitrogens is 1. The fourth-order valence-electron chi connectivity index (χ4n) is 7.08. The molecule has 0 saturated heterocycles. The number of aromatic nitrogens is 4. The maximum atomic E-state index is 15.3. The number of rotatable bonds is 9. The molecule has 11 heteroatoms. The molecule has 0 radical (unpaired) electrons. The molecule has 5 rings (SSSR count). The number of anilines is 1. The van der Waals surface area contributed by atoms with E-state index in [9.17, 15) is 14.7 Å². The van der Waals surface area contributed by atoms with Crippen LogP contribution >= 0.6 is 0 Å². The van der Waals surface area contributed by atoms with Gasteiger partial charge in [0.15, 0.2) is 0 Å². The quantitative estimate of drug-likeness (QED) is 0.235. The maximum Gasteiger partial charge on any atom is 0.257 e. The third-order valence-corrected chi connectivity index (χ3v) is 9.08. The van der Waals surface area contributed by atoms with Gasteiger partial charge < -0.3 is 20.3 Å². The third-order valence-electron chi connectivity index (χ3n) is 9.08. The number of pyridine rings is 1. The summed E-state index contributed by atoms with van der Waals surface area (Å²) in [5, 5.41) is 26.7. The molecule has 0 unspecified atom stereocenters. The van der Waals surface area contributed by atoms with Gasteiger partial charge in [-0.05, 0) is 50.7 Å². The minimum absolute atomic E-state index is 0.0694. The van der Waals surface area contributed by atoms with Gasteiger partial charge in [0.2, 0.25) is 11.9 Å². The number of carbonyl (C=O) groups is 2. The number of carbonyl (C=O) groups excluding carboxylic acids is 2. The lowest BCUT2D eigenvalue weighted by Gasteiger charge is -2.41. The fraction of sp³-hybridized carbons (Fsp3) is 0.581. The number of nitrogens with zero attached hydrogens (tertiary/aromatic N) is 3. The topological polar surface area (TPSA) is 146 Å². The Hall–Kier alpha value is -3.60. The lowest BCUT2D eigenvalue weighted by Crippen LogP contribution is -2.53. The Morgan fingerprint density at radius 2 is 1.69 bits per heavy atom. The zero-order valence-corrected chi connectivity index (χ0v) is 24.6. The molecule has 42 heavy (non-hydrogen) atoms. The molecule has 2 atom stereocenters. The van der Waals surface area contributed by atoms with Gasteiger partial charge in [-0.25, -0.2) is 4.98 Å². The Balaban J connectivity index is 1.46. The van der Waals surface area contributed by atoms with Crippen LogP contribution in [-0.4, -0.2) is 43.3 Å². The van der Waals surface area contributed by atoms with Crippen LogP contribution in [0.25, 0.3) is 11.1 Å². The maximum absolute atomic E-state index is 15.3. The highest BCUT2D eigenvalue weighted by atomic mass is 19.1. The average Bonchev–Trinajstić information content (AvgIpc) is 3.61. The van der Waals surface area contributed by atoms with Crippen LogP contribution in [0.3, 0.4) is 0 Å². The van der Waals surface area contributed by atoms with Crippen molar-refractivity contribution in [3.05, 3.63) is 47.0 Å². The van der Waals surface area contributed by atoms with E-state index in [4.69, 9.17) is 4.52 Å². The van der Waals surface area contributed by atoms with Crippen molar-refractivity contribution in [1.82, 2.24) is 25.7 Å². The fourth-order valence-corrected chi connectivity index (χ4v) is 7.08. The van der Waals surface area contributed by atoms with E-state index >= 15 is 4.39 Å². The van der Waals surface area contributed by atoms with Gasteiger partial charge >= 0.3 is 0 Å². The van der Waals surface area contributed by atoms with Crippen LogP contribution in [-0.2, 0) is 4.79 Å². The number of hydrogen-bond donors (Lipinski definition) is 4. The first-order valence-corrected chi connectivity index (χ1v) is 15.2. The van der Waals surface area contributed by atoms with Crippen molar-refractivity contribution in [1.29, 1.82) is 0 Å². The molecule has 2 fully saturated rings. The van der Waals surface area contributed by atoms with Crippen LogP contribution in [0.1, 0.15) is 105 Å². The van der Waals surface area contributed by atoms with E-state index in [1.807, 2.05) is 6.92 Å². The highest BCUT2D eigenvalue weighted by Gasteiger charge is 2.41. The first-order valence-electron chi connectivity index (χ1n) is 15.2. The SMILES string of the molecule is Cc1n[nH]c(C)c1-c1ccc(NC(=O)[C@@H](NC(=O)c2conc2[C@@H](C)O)C(C2CCCCC2)C2CCCCC2)nc1F. The lowest BCUT2D eigenvalue weighted by molar-refractivity contribution is -0.121. The van der Waals surface area contributed by atoms with Gasteiger partial charge in [0, 0.05) is 16.8 Å². The number of halogens is 1. The van der Waals surface area contributed by atoms with Crippen molar-refractivity contribution in [2.45, 2.75) is 97.1 Å². The molecule has 0 spiro atoms. The van der Waals surface area contributed by atoms with Gasteiger partial charge in [0.25, 0.3) is 5.91 Å². The van der Waals surface area contributed by atoms with Crippen molar-refractivity contribution in [3.63, 3.8) is 0 Å². The van der Waals surface area contributed by atoms with E-state index in [1.165, 1.54) is 26.0 Å². The zero-order chi connectivity index (χ0) is 29.8. The number of hydrogen-bond acceptors (Lipinski definition) is 7. The standard InChI is InChI=1S/C31H41FN6O4/c1-17-25(18(2)37-36-17)22-14-15-24(33-29(22)32)34-31(41)28(35-30(40)23-16-42-38-27(23)19(3)39)26(20-10-6-4-7-11-20)21-12-8-5-9-13-21/h14-16,19-21,26,28,39H,4-13H2,1-3H3,(H,35,40)(H,36,37)(H,33,34,41)/t19-,28+/m1/s1. The zero-order valence-electron chi connectivity index (χ0n) is 24.6. The van der Waals surface area contributed by atoms with Crippen molar-refractivity contribution in [2.75, 3.05) is 5.32 Å². The summed E-state index contributed by atoms with van der Waals surface area (Å²) in [7, 11) is 0. The number of nitrogens with one attached hydrogen (secondary N) is 3. The third kappa shape index (κ3) is 6.40. The van der Waals surface area contributed by atoms with Crippen LogP contribution in [0.2, 0.25) is 0 Å². The summed E-state index contributed by atoms with van der Waals surface area (Å²) in [6, 6.07) is 2.27. The molecule has 10 nitrogen and oxygen atoms in total. The number of aryl methyl sites for hydroxylation is 2. The van der Waals surface area contributed by atoms with E-state index < -0.39 is 29.9 Å². The summed E-state index contributed by atoms with van der Waals surface area (Å²) in [6.45, 7) is 5.10. The van der Waals surface area contributed by atoms with Crippen LogP contribution < -0.4 is 10.6 Å². The predicted molar refractivity (Wildman–Crippen MR) is 155 cm³/mol. The molecule has 3 heterocycles. The molecule has 2 aliphatic carbocycles. The molecule has 0 aromatic carbocycles. The summed E-state index contributed by atoms with van der Waals surface area (Å²) < 4.78 is 20.3. The molecule has 3 aromatic rings. The molecule has 4 N–H and O–H groups in total. The van der Waals surface area contributed by atoms with Gasteiger partial charge in [-0.3, -0.25) is 14.7 Å². The molecule has 2 amide bonds. The summed E-state index contributed by atoms with van der Waals surface area (Å²) in [5.41, 5.74) is 2.51. The normalized spacial score (nSPS) is 18.1. The molecule has 2 saturated carbocycles. The summed E-state index contributed by atoms with van der Waals surface area (Å²) >= 11 is 0. The second-order valence-electron chi connectivity index (χ2n) is 11.9.